The molecule has 146 valence electrons. The zero-order valence-electron chi connectivity index (χ0n) is 15.2. The number of amidine groups is 1. The van der Waals surface area contributed by atoms with Gasteiger partial charge >= 0.3 is 0 Å². The number of carboxylic acids is 1. The second-order valence-corrected chi connectivity index (χ2v) is 10.3. The first-order chi connectivity index (χ1) is 12.7. The van der Waals surface area contributed by atoms with Crippen molar-refractivity contribution < 1.29 is 23.1 Å². The number of anilines is 1. The molecule has 0 aromatic heterocycles. The summed E-state index contributed by atoms with van der Waals surface area (Å²) in [6, 6.07) is 5.66. The topological polar surface area (TPSA) is 107 Å². The van der Waals surface area contributed by atoms with Gasteiger partial charge in [0.25, 0.3) is 0 Å². The zero-order chi connectivity index (χ0) is 19.8. The molecular formula is C18H21N2O5S2-. The van der Waals surface area contributed by atoms with Gasteiger partial charge in [0, 0.05) is 23.3 Å². The average molecular weight is 410 g/mol. The molecule has 2 atom stereocenters. The van der Waals surface area contributed by atoms with Crippen molar-refractivity contribution in [2.24, 2.45) is 4.99 Å². The summed E-state index contributed by atoms with van der Waals surface area (Å²) in [6.07, 6.45) is 0.00751. The summed E-state index contributed by atoms with van der Waals surface area (Å²) in [6.45, 7) is 3.90. The normalized spacial score (nSPS) is 25.0. The van der Waals surface area contributed by atoms with Crippen LogP contribution >= 0.6 is 11.8 Å². The molecule has 1 aromatic rings. The highest BCUT2D eigenvalue weighted by molar-refractivity contribution is 8.16. The maximum Gasteiger partial charge on any atom is 0.248 e. The van der Waals surface area contributed by atoms with Crippen molar-refractivity contribution in [2.45, 2.75) is 44.4 Å². The number of sulfone groups is 1. The molecule has 1 amide bonds. The fourth-order valence-electron chi connectivity index (χ4n) is 3.37. The molecule has 0 bridgehead atoms. The highest BCUT2D eigenvalue weighted by atomic mass is 32.2. The summed E-state index contributed by atoms with van der Waals surface area (Å²) in [5.41, 5.74) is 2.86. The Labute approximate surface area is 162 Å². The number of fused-ring (bicyclic) bond motifs is 1. The second kappa shape index (κ2) is 7.63. The molecule has 0 radical (unpaired) electrons. The molecule has 27 heavy (non-hydrogen) atoms. The van der Waals surface area contributed by atoms with Crippen LogP contribution < -0.4 is 10.0 Å². The molecule has 2 aliphatic rings. The Morgan fingerprint density at radius 2 is 2.00 bits per heavy atom. The van der Waals surface area contributed by atoms with Crippen LogP contribution in [0.2, 0.25) is 0 Å². The van der Waals surface area contributed by atoms with Crippen LogP contribution in [0.3, 0.4) is 0 Å². The van der Waals surface area contributed by atoms with E-state index < -0.39 is 21.7 Å². The molecule has 2 fully saturated rings. The largest absolute Gasteiger partial charge is 0.550 e. The number of carboxylic acid groups (broad SMARTS) is 1. The van der Waals surface area contributed by atoms with Crippen molar-refractivity contribution in [2.75, 3.05) is 16.4 Å². The lowest BCUT2D eigenvalue weighted by Crippen LogP contribution is -2.38. The van der Waals surface area contributed by atoms with Gasteiger partial charge in [-0.2, -0.15) is 4.99 Å². The summed E-state index contributed by atoms with van der Waals surface area (Å²) in [5.74, 6) is -1.49. The first kappa shape index (κ1) is 19.9. The van der Waals surface area contributed by atoms with E-state index in [1.165, 1.54) is 11.8 Å². The predicted octanol–water partition coefficient (Wildman–Crippen LogP) is 0.825. The number of rotatable bonds is 5. The van der Waals surface area contributed by atoms with E-state index in [-0.39, 0.29) is 42.1 Å². The Balaban J connectivity index is 1.91. The van der Waals surface area contributed by atoms with E-state index in [2.05, 4.69) is 4.99 Å². The Kier molecular flexibility index (Phi) is 5.62. The predicted molar refractivity (Wildman–Crippen MR) is 104 cm³/mol. The summed E-state index contributed by atoms with van der Waals surface area (Å²) in [4.78, 5) is 28.8. The number of carbonyl (C=O) groups is 2. The summed E-state index contributed by atoms with van der Waals surface area (Å²) >= 11 is 1.32. The lowest BCUT2D eigenvalue weighted by Gasteiger charge is -2.26. The number of amides is 1. The number of carbonyl (C=O) groups excluding carboxylic acids is 2. The monoisotopic (exact) mass is 409 g/mol. The van der Waals surface area contributed by atoms with Crippen LogP contribution in [-0.2, 0) is 19.4 Å². The molecule has 2 heterocycles. The third kappa shape index (κ3) is 4.52. The van der Waals surface area contributed by atoms with E-state index in [1.54, 1.807) is 0 Å². The molecular weight excluding hydrogens is 388 g/mol. The summed E-state index contributed by atoms with van der Waals surface area (Å²) in [7, 11) is -3.12. The van der Waals surface area contributed by atoms with Crippen LogP contribution in [0.15, 0.2) is 23.2 Å². The second-order valence-electron chi connectivity index (χ2n) is 6.97. The van der Waals surface area contributed by atoms with Crippen molar-refractivity contribution in [3.8, 4) is 0 Å². The van der Waals surface area contributed by atoms with Crippen molar-refractivity contribution in [3.05, 3.63) is 29.3 Å². The quantitative estimate of drug-likeness (QED) is 0.709. The standard InChI is InChI=1S/C18H22N2O5S2/c1-11-6-7-12(2)13(8-11)20-14-9-27(24,25)10-15(14)26-18(20)19-16(21)4-3-5-17(22)23/h6-8,14-15H,3-5,9-10H2,1-2H3,(H,22,23)/p-1/t14-,15+/m1/s1. The van der Waals surface area contributed by atoms with Gasteiger partial charge in [-0.25, -0.2) is 8.42 Å². The number of hydrogen-bond acceptors (Lipinski definition) is 6. The smallest absolute Gasteiger partial charge is 0.248 e. The van der Waals surface area contributed by atoms with E-state index in [1.807, 2.05) is 36.9 Å². The Morgan fingerprint density at radius 1 is 1.26 bits per heavy atom. The van der Waals surface area contributed by atoms with Gasteiger partial charge in [-0.15, -0.1) is 0 Å². The minimum Gasteiger partial charge on any atom is -0.550 e. The number of nitrogens with zero attached hydrogens (tertiary/aromatic N) is 2. The number of thioether (sulfide) groups is 1. The van der Waals surface area contributed by atoms with Gasteiger partial charge in [0.05, 0.1) is 17.5 Å². The van der Waals surface area contributed by atoms with Crippen LogP contribution in [0, 0.1) is 13.8 Å². The maximum absolute atomic E-state index is 12.2. The molecule has 0 aliphatic carbocycles. The van der Waals surface area contributed by atoms with Crippen LogP contribution in [0.1, 0.15) is 30.4 Å². The minimum atomic E-state index is -3.12. The van der Waals surface area contributed by atoms with Crippen LogP contribution in [0.25, 0.3) is 0 Å². The van der Waals surface area contributed by atoms with Gasteiger partial charge in [-0.1, -0.05) is 23.9 Å². The number of aliphatic carboxylic acids is 1. The van der Waals surface area contributed by atoms with Gasteiger partial charge in [0.15, 0.2) is 15.0 Å². The third-order valence-electron chi connectivity index (χ3n) is 4.68. The van der Waals surface area contributed by atoms with Crippen LogP contribution in [-0.4, -0.2) is 48.3 Å². The highest BCUT2D eigenvalue weighted by Crippen LogP contribution is 2.42. The Bertz CT molecular complexity index is 910. The molecule has 0 unspecified atom stereocenters. The number of aliphatic imine (C=N–C) groups is 1. The molecule has 0 saturated carbocycles. The van der Waals surface area contributed by atoms with Gasteiger partial charge in [-0.3, -0.25) is 4.79 Å². The van der Waals surface area contributed by atoms with Crippen LogP contribution in [0.5, 0.6) is 0 Å². The van der Waals surface area contributed by atoms with Crippen molar-refractivity contribution >= 4 is 44.3 Å². The molecule has 0 spiro atoms. The van der Waals surface area contributed by atoms with E-state index in [0.29, 0.717) is 5.17 Å². The van der Waals surface area contributed by atoms with Crippen molar-refractivity contribution in [3.63, 3.8) is 0 Å². The van der Waals surface area contributed by atoms with Crippen molar-refractivity contribution in [1.29, 1.82) is 0 Å². The number of hydrogen-bond donors (Lipinski definition) is 0. The lowest BCUT2D eigenvalue weighted by atomic mass is 10.1. The Morgan fingerprint density at radius 3 is 2.70 bits per heavy atom. The number of benzene rings is 1. The lowest BCUT2D eigenvalue weighted by molar-refractivity contribution is -0.305. The van der Waals surface area contributed by atoms with Gasteiger partial charge in [0.1, 0.15) is 0 Å². The molecule has 3 rings (SSSR count). The Hall–Kier alpha value is -1.87. The maximum atomic E-state index is 12.2. The number of aryl methyl sites for hydroxylation is 2. The average Bonchev–Trinajstić information content (AvgIpc) is 3.00. The van der Waals surface area contributed by atoms with Gasteiger partial charge in [-0.05, 0) is 43.9 Å². The molecule has 2 aliphatic heterocycles. The molecule has 2 saturated heterocycles. The molecule has 7 nitrogen and oxygen atoms in total. The highest BCUT2D eigenvalue weighted by Gasteiger charge is 2.49. The fourth-order valence-corrected chi connectivity index (χ4v) is 7.30. The summed E-state index contributed by atoms with van der Waals surface area (Å²) < 4.78 is 24.2. The van der Waals surface area contributed by atoms with Crippen molar-refractivity contribution in [1.82, 2.24) is 0 Å². The molecule has 1 aromatic carbocycles. The van der Waals surface area contributed by atoms with E-state index in [9.17, 15) is 23.1 Å². The SMILES string of the molecule is Cc1ccc(C)c(N2C(=NC(=O)CCCC(=O)[O-])S[C@H]3CS(=O)(=O)C[C@H]32)c1. The van der Waals surface area contributed by atoms with Gasteiger partial charge in [0.2, 0.25) is 5.91 Å². The van der Waals surface area contributed by atoms with E-state index in [4.69, 9.17) is 0 Å². The van der Waals surface area contributed by atoms with E-state index >= 15 is 0 Å². The molecule has 9 heteroatoms. The van der Waals surface area contributed by atoms with E-state index in [0.717, 1.165) is 16.8 Å². The third-order valence-corrected chi connectivity index (χ3v) is 7.89. The first-order valence-corrected chi connectivity index (χ1v) is 11.4. The fraction of sp³-hybridized carbons (Fsp3) is 0.500. The molecule has 0 N–H and O–H groups in total. The van der Waals surface area contributed by atoms with Gasteiger partial charge < -0.3 is 14.8 Å². The summed E-state index contributed by atoms with van der Waals surface area (Å²) in [5, 5.41) is 10.8. The first-order valence-electron chi connectivity index (χ1n) is 8.71. The zero-order valence-corrected chi connectivity index (χ0v) is 16.8. The van der Waals surface area contributed by atoms with Crippen LogP contribution in [0.4, 0.5) is 5.69 Å². The minimum absolute atomic E-state index is 0.0202.